The Morgan fingerprint density at radius 3 is 2.33 bits per heavy atom. The van der Waals surface area contributed by atoms with Crippen LogP contribution in [0.4, 0.5) is 0 Å². The Morgan fingerprint density at radius 2 is 1.89 bits per heavy atom. The van der Waals surface area contributed by atoms with Crippen LogP contribution in [0.15, 0.2) is 0 Å². The Bertz CT molecular complexity index is 237. The summed E-state index contributed by atoms with van der Waals surface area (Å²) < 4.78 is 0. The summed E-state index contributed by atoms with van der Waals surface area (Å²) in [6.45, 7) is 13.7. The van der Waals surface area contributed by atoms with Crippen LogP contribution in [-0.2, 0) is 0 Å². The van der Waals surface area contributed by atoms with Gasteiger partial charge in [0.15, 0.2) is 0 Å². The molecule has 0 bridgehead atoms. The van der Waals surface area contributed by atoms with Crippen LogP contribution < -0.4 is 5.73 Å². The van der Waals surface area contributed by atoms with Crippen LogP contribution >= 0.6 is 0 Å². The average Bonchev–Trinajstić information content (AvgIpc) is 2.35. The Labute approximate surface area is 114 Å². The minimum Gasteiger partial charge on any atom is -0.329 e. The topological polar surface area (TPSA) is 29.3 Å². The third-order valence-electron chi connectivity index (χ3n) is 4.78. The molecule has 18 heavy (non-hydrogen) atoms. The molecule has 1 aliphatic carbocycles. The van der Waals surface area contributed by atoms with E-state index in [-0.39, 0.29) is 5.54 Å². The van der Waals surface area contributed by atoms with Gasteiger partial charge in [-0.1, -0.05) is 40.0 Å². The van der Waals surface area contributed by atoms with Gasteiger partial charge in [-0.2, -0.15) is 0 Å². The summed E-state index contributed by atoms with van der Waals surface area (Å²) in [5.74, 6) is 1.51. The Morgan fingerprint density at radius 1 is 1.22 bits per heavy atom. The summed E-state index contributed by atoms with van der Waals surface area (Å²) in [7, 11) is 0. The lowest BCUT2D eigenvalue weighted by atomic mass is 9.69. The molecule has 0 saturated heterocycles. The number of nitrogens with two attached hydrogens (primary N) is 1. The second-order valence-electron chi connectivity index (χ2n) is 6.80. The van der Waals surface area contributed by atoms with Gasteiger partial charge in [-0.15, -0.1) is 0 Å². The Hall–Kier alpha value is -0.0800. The molecule has 0 aliphatic heterocycles. The molecule has 1 fully saturated rings. The van der Waals surface area contributed by atoms with E-state index in [2.05, 4.69) is 39.5 Å². The van der Waals surface area contributed by atoms with Gasteiger partial charge < -0.3 is 5.73 Å². The maximum Gasteiger partial charge on any atom is 0.0362 e. The van der Waals surface area contributed by atoms with E-state index in [1.807, 2.05) is 0 Å². The molecule has 1 aliphatic rings. The van der Waals surface area contributed by atoms with Crippen molar-refractivity contribution in [3.63, 3.8) is 0 Å². The fourth-order valence-corrected chi connectivity index (χ4v) is 3.94. The quantitative estimate of drug-likeness (QED) is 0.784. The molecule has 2 heteroatoms. The van der Waals surface area contributed by atoms with Gasteiger partial charge in [-0.3, -0.25) is 4.90 Å². The number of nitrogens with zero attached hydrogens (tertiary/aromatic N) is 1. The van der Waals surface area contributed by atoms with E-state index in [4.69, 9.17) is 5.73 Å². The van der Waals surface area contributed by atoms with E-state index in [1.54, 1.807) is 0 Å². The van der Waals surface area contributed by atoms with E-state index in [0.29, 0.717) is 6.04 Å². The van der Waals surface area contributed by atoms with Gasteiger partial charge in [0.05, 0.1) is 0 Å². The molecule has 0 aromatic rings. The van der Waals surface area contributed by atoms with Crippen LogP contribution in [0.1, 0.15) is 66.7 Å². The lowest BCUT2D eigenvalue weighted by Crippen LogP contribution is -2.62. The van der Waals surface area contributed by atoms with E-state index < -0.39 is 0 Å². The lowest BCUT2D eigenvalue weighted by molar-refractivity contribution is -0.0244. The van der Waals surface area contributed by atoms with Gasteiger partial charge in [0, 0.05) is 24.7 Å². The van der Waals surface area contributed by atoms with E-state index >= 15 is 0 Å². The predicted molar refractivity (Wildman–Crippen MR) is 80.7 cm³/mol. The van der Waals surface area contributed by atoms with Gasteiger partial charge >= 0.3 is 0 Å². The monoisotopic (exact) mass is 254 g/mol. The summed E-state index contributed by atoms with van der Waals surface area (Å²) in [6, 6.07) is 0.600. The first kappa shape index (κ1) is 16.0. The maximum atomic E-state index is 6.28. The van der Waals surface area contributed by atoms with Crippen molar-refractivity contribution in [2.24, 2.45) is 17.6 Å². The summed E-state index contributed by atoms with van der Waals surface area (Å²) >= 11 is 0. The van der Waals surface area contributed by atoms with Crippen molar-refractivity contribution in [1.82, 2.24) is 4.90 Å². The normalized spacial score (nSPS) is 29.5. The molecule has 2 nitrogen and oxygen atoms in total. The van der Waals surface area contributed by atoms with Crippen LogP contribution in [-0.4, -0.2) is 29.6 Å². The summed E-state index contributed by atoms with van der Waals surface area (Å²) in [4.78, 5) is 2.73. The van der Waals surface area contributed by atoms with Gasteiger partial charge in [0.25, 0.3) is 0 Å². The molecule has 0 spiro atoms. The summed E-state index contributed by atoms with van der Waals surface area (Å²) in [5, 5.41) is 0. The van der Waals surface area contributed by atoms with Crippen molar-refractivity contribution in [2.45, 2.75) is 78.3 Å². The van der Waals surface area contributed by atoms with Crippen LogP contribution in [0, 0.1) is 11.8 Å². The van der Waals surface area contributed by atoms with E-state index in [1.165, 1.54) is 38.6 Å². The molecule has 0 aromatic heterocycles. The minimum atomic E-state index is 0.269. The molecule has 0 heterocycles. The molecule has 2 atom stereocenters. The fraction of sp³-hybridized carbons (Fsp3) is 1.00. The average molecular weight is 254 g/mol. The number of hydrogen-bond donors (Lipinski definition) is 1. The van der Waals surface area contributed by atoms with Crippen molar-refractivity contribution in [1.29, 1.82) is 0 Å². The van der Waals surface area contributed by atoms with Gasteiger partial charge in [-0.25, -0.2) is 0 Å². The maximum absolute atomic E-state index is 6.28. The molecular formula is C16H34N2. The van der Waals surface area contributed by atoms with Crippen molar-refractivity contribution in [3.05, 3.63) is 0 Å². The molecule has 0 aromatic carbocycles. The highest BCUT2D eigenvalue weighted by Gasteiger charge is 2.44. The molecule has 1 rings (SSSR count). The van der Waals surface area contributed by atoms with Crippen molar-refractivity contribution < 1.29 is 0 Å². The third-order valence-corrected chi connectivity index (χ3v) is 4.78. The Balaban J connectivity index is 2.99. The molecule has 2 unspecified atom stereocenters. The zero-order chi connectivity index (χ0) is 13.8. The number of hydrogen-bond acceptors (Lipinski definition) is 2. The molecule has 0 radical (unpaired) electrons. The molecule has 0 amide bonds. The first-order valence-corrected chi connectivity index (χ1v) is 7.94. The van der Waals surface area contributed by atoms with Crippen molar-refractivity contribution in [3.8, 4) is 0 Å². The first-order valence-electron chi connectivity index (χ1n) is 7.94. The van der Waals surface area contributed by atoms with Gasteiger partial charge in [0.1, 0.15) is 0 Å². The second kappa shape index (κ2) is 6.91. The lowest BCUT2D eigenvalue weighted by Gasteiger charge is -2.53. The van der Waals surface area contributed by atoms with Crippen molar-refractivity contribution >= 4 is 0 Å². The van der Waals surface area contributed by atoms with Crippen LogP contribution in [0.25, 0.3) is 0 Å². The highest BCUT2D eigenvalue weighted by atomic mass is 15.2. The van der Waals surface area contributed by atoms with Gasteiger partial charge in [-0.05, 0) is 38.5 Å². The largest absolute Gasteiger partial charge is 0.329 e. The molecule has 1 saturated carbocycles. The molecule has 108 valence electrons. The SMILES string of the molecule is CCC1CCCCC1(CN)N(CC(C)C)C(C)C. The summed E-state index contributed by atoms with van der Waals surface area (Å²) in [6.07, 6.45) is 6.70. The molecular weight excluding hydrogens is 220 g/mol. The smallest absolute Gasteiger partial charge is 0.0362 e. The highest BCUT2D eigenvalue weighted by Crippen LogP contribution is 2.41. The fourth-order valence-electron chi connectivity index (χ4n) is 3.94. The van der Waals surface area contributed by atoms with E-state index in [0.717, 1.165) is 18.4 Å². The standard InChI is InChI=1S/C16H34N2/c1-6-15-9-7-8-10-16(15,12-17)18(14(4)5)11-13(2)3/h13-15H,6-12,17H2,1-5H3. The van der Waals surface area contributed by atoms with Crippen LogP contribution in [0.3, 0.4) is 0 Å². The first-order chi connectivity index (χ1) is 8.47. The molecule has 2 N–H and O–H groups in total. The highest BCUT2D eigenvalue weighted by molar-refractivity contribution is 5.00. The van der Waals surface area contributed by atoms with Gasteiger partial charge in [0.2, 0.25) is 0 Å². The predicted octanol–water partition coefficient (Wildman–Crippen LogP) is 3.65. The third kappa shape index (κ3) is 3.27. The van der Waals surface area contributed by atoms with Crippen LogP contribution in [0.5, 0.6) is 0 Å². The van der Waals surface area contributed by atoms with Crippen molar-refractivity contribution in [2.75, 3.05) is 13.1 Å². The number of rotatable bonds is 6. The zero-order valence-corrected chi connectivity index (χ0v) is 13.2. The second-order valence-corrected chi connectivity index (χ2v) is 6.80. The summed E-state index contributed by atoms with van der Waals surface area (Å²) in [5.41, 5.74) is 6.55. The van der Waals surface area contributed by atoms with Crippen LogP contribution in [0.2, 0.25) is 0 Å². The van der Waals surface area contributed by atoms with E-state index in [9.17, 15) is 0 Å². The Kier molecular flexibility index (Phi) is 6.13. The zero-order valence-electron chi connectivity index (χ0n) is 13.2. The minimum absolute atomic E-state index is 0.269.